The number of hydrogen-bond acceptors (Lipinski definition) is 6. The smallest absolute Gasteiger partial charge is 0.328 e. The molecular formula is C22H28ClNO5. The van der Waals surface area contributed by atoms with Gasteiger partial charge in [-0.05, 0) is 32.6 Å². The molecule has 2 N–H and O–H groups in total. The van der Waals surface area contributed by atoms with Crippen LogP contribution in [0.5, 0.6) is 17.2 Å². The Labute approximate surface area is 177 Å². The third kappa shape index (κ3) is 4.65. The lowest BCUT2D eigenvalue weighted by molar-refractivity contribution is -0.138. The molecule has 3 rings (SSSR count). The highest BCUT2D eigenvalue weighted by molar-refractivity contribution is 6.00. The summed E-state index contributed by atoms with van der Waals surface area (Å²) in [4.78, 5) is 24.4. The number of esters is 2. The maximum Gasteiger partial charge on any atom is 0.328 e. The lowest BCUT2D eigenvalue weighted by Crippen LogP contribution is -2.39. The molecule has 0 unspecified atom stereocenters. The monoisotopic (exact) mass is 421 g/mol. The molecule has 6 nitrogen and oxygen atoms in total. The number of halogens is 1. The molecule has 7 heteroatoms. The van der Waals surface area contributed by atoms with Crippen LogP contribution >= 0.6 is 12.4 Å². The summed E-state index contributed by atoms with van der Waals surface area (Å²) >= 11 is 0. The molecule has 2 aromatic rings. The van der Waals surface area contributed by atoms with Crippen LogP contribution < -0.4 is 19.9 Å². The van der Waals surface area contributed by atoms with Gasteiger partial charge in [-0.1, -0.05) is 38.1 Å². The highest BCUT2D eigenvalue weighted by Gasteiger charge is 2.34. The lowest BCUT2D eigenvalue weighted by atomic mass is 9.91. The first-order valence-electron chi connectivity index (χ1n) is 9.53. The van der Waals surface area contributed by atoms with Gasteiger partial charge in [-0.2, -0.15) is 0 Å². The van der Waals surface area contributed by atoms with Crippen LogP contribution in [0.4, 0.5) is 0 Å². The summed E-state index contributed by atoms with van der Waals surface area (Å²) in [6, 6.07) is 6.67. The summed E-state index contributed by atoms with van der Waals surface area (Å²) < 4.78 is 17.5. The minimum absolute atomic E-state index is 0. The molecule has 0 spiro atoms. The molecule has 2 aromatic carbocycles. The van der Waals surface area contributed by atoms with Gasteiger partial charge in [0.2, 0.25) is 0 Å². The van der Waals surface area contributed by atoms with Gasteiger partial charge in [-0.15, -0.1) is 12.4 Å². The average Bonchev–Trinajstić information content (AvgIpc) is 2.62. The molecule has 0 amide bonds. The van der Waals surface area contributed by atoms with E-state index in [0.717, 1.165) is 17.4 Å². The van der Waals surface area contributed by atoms with Crippen LogP contribution in [0.25, 0.3) is 10.8 Å². The van der Waals surface area contributed by atoms with Crippen LogP contribution in [0, 0.1) is 5.92 Å². The highest BCUT2D eigenvalue weighted by Crippen LogP contribution is 2.50. The molecule has 0 bridgehead atoms. The SMILES string of the molecule is CC(=O)Oc1c2c(c3ccccc3c1OC(=O)[C@@H](N)C(C)C)OC(C)(C)CC2.Cl. The molecule has 158 valence electrons. The minimum Gasteiger partial charge on any atom is -0.487 e. The van der Waals surface area contributed by atoms with Crippen LogP contribution in [0.1, 0.15) is 46.6 Å². The van der Waals surface area contributed by atoms with Gasteiger partial charge in [-0.25, -0.2) is 4.79 Å². The van der Waals surface area contributed by atoms with Crippen molar-refractivity contribution in [3.05, 3.63) is 29.8 Å². The molecule has 0 aromatic heterocycles. The van der Waals surface area contributed by atoms with Gasteiger partial charge >= 0.3 is 11.9 Å². The van der Waals surface area contributed by atoms with Crippen LogP contribution in [-0.2, 0) is 16.0 Å². The fraction of sp³-hybridized carbons (Fsp3) is 0.455. The van der Waals surface area contributed by atoms with Crippen molar-refractivity contribution in [3.8, 4) is 17.2 Å². The average molecular weight is 422 g/mol. The van der Waals surface area contributed by atoms with E-state index < -0.39 is 18.0 Å². The van der Waals surface area contributed by atoms with Crippen molar-refractivity contribution < 1.29 is 23.8 Å². The van der Waals surface area contributed by atoms with Crippen molar-refractivity contribution in [3.63, 3.8) is 0 Å². The molecular weight excluding hydrogens is 394 g/mol. The van der Waals surface area contributed by atoms with Crippen molar-refractivity contribution in [2.24, 2.45) is 11.7 Å². The van der Waals surface area contributed by atoms with Crippen LogP contribution in [-0.4, -0.2) is 23.6 Å². The molecule has 0 radical (unpaired) electrons. The summed E-state index contributed by atoms with van der Waals surface area (Å²) in [5.74, 6) is -0.0259. The number of nitrogens with two attached hydrogens (primary N) is 1. The zero-order valence-electron chi connectivity index (χ0n) is 17.4. The zero-order chi connectivity index (χ0) is 20.6. The van der Waals surface area contributed by atoms with Crippen molar-refractivity contribution in [1.29, 1.82) is 0 Å². The van der Waals surface area contributed by atoms with Crippen molar-refractivity contribution >= 4 is 35.1 Å². The molecule has 1 heterocycles. The van der Waals surface area contributed by atoms with Crippen LogP contribution in [0.15, 0.2) is 24.3 Å². The van der Waals surface area contributed by atoms with E-state index in [2.05, 4.69) is 0 Å². The number of carbonyl (C=O) groups is 2. The summed E-state index contributed by atoms with van der Waals surface area (Å²) in [6.07, 6.45) is 1.38. The largest absolute Gasteiger partial charge is 0.487 e. The quantitative estimate of drug-likeness (QED) is 0.588. The fourth-order valence-electron chi connectivity index (χ4n) is 3.29. The summed E-state index contributed by atoms with van der Waals surface area (Å²) in [5, 5.41) is 1.45. The first kappa shape index (κ1) is 23.0. The summed E-state index contributed by atoms with van der Waals surface area (Å²) in [5.41, 5.74) is 6.35. The summed E-state index contributed by atoms with van der Waals surface area (Å²) in [7, 11) is 0. The number of fused-ring (bicyclic) bond motifs is 3. The van der Waals surface area contributed by atoms with E-state index in [4.69, 9.17) is 19.9 Å². The van der Waals surface area contributed by atoms with Crippen molar-refractivity contribution in [1.82, 2.24) is 0 Å². The summed E-state index contributed by atoms with van der Waals surface area (Å²) in [6.45, 7) is 9.05. The molecule has 1 atom stereocenters. The molecule has 0 fully saturated rings. The maximum absolute atomic E-state index is 12.6. The van der Waals surface area contributed by atoms with E-state index >= 15 is 0 Å². The van der Waals surface area contributed by atoms with Gasteiger partial charge in [-0.3, -0.25) is 4.79 Å². The second kappa shape index (κ2) is 8.59. The first-order valence-corrected chi connectivity index (χ1v) is 9.53. The van der Waals surface area contributed by atoms with Gasteiger partial charge in [0.05, 0.1) is 0 Å². The maximum atomic E-state index is 12.6. The molecule has 0 saturated heterocycles. The van der Waals surface area contributed by atoms with Gasteiger partial charge in [0, 0.05) is 23.3 Å². The Bertz CT molecular complexity index is 938. The predicted octanol–water partition coefficient (Wildman–Crippen LogP) is 4.18. The normalized spacial score (nSPS) is 15.7. The molecule has 0 aliphatic carbocycles. The molecule has 1 aliphatic heterocycles. The second-order valence-corrected chi connectivity index (χ2v) is 8.16. The van der Waals surface area contributed by atoms with E-state index in [1.54, 1.807) is 0 Å². The van der Waals surface area contributed by atoms with Crippen LogP contribution in [0.3, 0.4) is 0 Å². The van der Waals surface area contributed by atoms with E-state index in [1.807, 2.05) is 52.0 Å². The number of rotatable bonds is 4. The fourth-order valence-corrected chi connectivity index (χ4v) is 3.29. The Kier molecular flexibility index (Phi) is 6.81. The zero-order valence-corrected chi connectivity index (χ0v) is 18.2. The lowest BCUT2D eigenvalue weighted by Gasteiger charge is -2.34. The van der Waals surface area contributed by atoms with E-state index in [9.17, 15) is 9.59 Å². The van der Waals surface area contributed by atoms with Gasteiger partial charge < -0.3 is 19.9 Å². The molecule has 0 saturated carbocycles. The van der Waals surface area contributed by atoms with Crippen molar-refractivity contribution in [2.75, 3.05) is 0 Å². The Morgan fingerprint density at radius 2 is 1.72 bits per heavy atom. The Hall–Kier alpha value is -2.31. The Balaban J connectivity index is 0.00000300. The first-order chi connectivity index (χ1) is 13.1. The van der Waals surface area contributed by atoms with Gasteiger partial charge in [0.1, 0.15) is 17.4 Å². The molecule has 29 heavy (non-hydrogen) atoms. The van der Waals surface area contributed by atoms with Gasteiger partial charge in [0.25, 0.3) is 0 Å². The topological polar surface area (TPSA) is 87.9 Å². The Morgan fingerprint density at radius 1 is 1.10 bits per heavy atom. The van der Waals surface area contributed by atoms with Gasteiger partial charge in [0.15, 0.2) is 11.5 Å². The van der Waals surface area contributed by atoms with E-state index in [0.29, 0.717) is 17.6 Å². The van der Waals surface area contributed by atoms with E-state index in [1.165, 1.54) is 6.92 Å². The van der Waals surface area contributed by atoms with E-state index in [-0.39, 0.29) is 35.4 Å². The number of carbonyl (C=O) groups excluding carboxylic acids is 2. The third-order valence-corrected chi connectivity index (χ3v) is 4.96. The molecule has 1 aliphatic rings. The Morgan fingerprint density at radius 3 is 2.31 bits per heavy atom. The third-order valence-electron chi connectivity index (χ3n) is 4.96. The predicted molar refractivity (Wildman–Crippen MR) is 114 cm³/mol. The van der Waals surface area contributed by atoms with Crippen LogP contribution in [0.2, 0.25) is 0 Å². The second-order valence-electron chi connectivity index (χ2n) is 8.16. The number of benzene rings is 2. The minimum atomic E-state index is -0.782. The number of ether oxygens (including phenoxy) is 3. The van der Waals surface area contributed by atoms with Crippen molar-refractivity contribution in [2.45, 2.75) is 59.1 Å². The number of hydrogen-bond donors (Lipinski definition) is 1. The highest BCUT2D eigenvalue weighted by atomic mass is 35.5. The standard InChI is InChI=1S/C22H27NO5.ClH/c1-12(2)17(23)21(25)27-19-15-9-7-6-8-14(15)18-16(20(19)26-13(3)24)10-11-22(4,5)28-18;/h6-9,12,17H,10-11,23H2,1-5H3;1H/t17-;/m0./s1.